The maximum atomic E-state index is 13.0. The first-order chi connectivity index (χ1) is 42.6. The molecule has 33 heteroatoms. The number of carboxylic acid groups (broad SMARTS) is 1. The van der Waals surface area contributed by atoms with Gasteiger partial charge in [0.25, 0.3) is 22.3 Å². The number of piperidine rings is 2. The van der Waals surface area contributed by atoms with Crippen molar-refractivity contribution in [1.82, 2.24) is 46.5 Å². The fourth-order valence-corrected chi connectivity index (χ4v) is 10.6. The van der Waals surface area contributed by atoms with Gasteiger partial charge in [0, 0.05) is 70.2 Å². The third-order valence-electron chi connectivity index (χ3n) is 13.1. The number of benzene rings is 2. The highest BCUT2D eigenvalue weighted by Crippen LogP contribution is 2.31. The lowest BCUT2D eigenvalue weighted by atomic mass is 9.87. The fraction of sp³-hybridized carbons (Fsp3) is 0.448. The summed E-state index contributed by atoms with van der Waals surface area (Å²) in [4.78, 5) is 118. The van der Waals surface area contributed by atoms with Gasteiger partial charge in [-0.1, -0.05) is 24.3 Å². The first kappa shape index (κ1) is 71.4. The van der Waals surface area contributed by atoms with Crippen molar-refractivity contribution in [2.24, 2.45) is 17.6 Å². The number of anilines is 2. The third-order valence-corrected chi connectivity index (χ3v) is 14.8. The van der Waals surface area contributed by atoms with Gasteiger partial charge in [0.2, 0.25) is 17.8 Å². The molecule has 0 saturated carbocycles. The van der Waals surface area contributed by atoms with Crippen LogP contribution in [-0.4, -0.2) is 134 Å². The van der Waals surface area contributed by atoms with Crippen molar-refractivity contribution in [1.29, 1.82) is 0 Å². The van der Waals surface area contributed by atoms with Crippen molar-refractivity contribution in [3.8, 4) is 11.5 Å². The van der Waals surface area contributed by atoms with Crippen LogP contribution in [0.25, 0.3) is 12.2 Å². The fourth-order valence-electron chi connectivity index (χ4n) is 9.28. The van der Waals surface area contributed by atoms with E-state index >= 15 is 0 Å². The lowest BCUT2D eigenvalue weighted by Gasteiger charge is -2.36. The minimum atomic E-state index is -4.83. The van der Waals surface area contributed by atoms with Gasteiger partial charge in [-0.2, -0.15) is 0 Å². The molecular weight excluding hydrogens is 1250 g/mol. The van der Waals surface area contributed by atoms with E-state index < -0.39 is 88.1 Å². The zero-order valence-electron chi connectivity index (χ0n) is 50.1. The highest BCUT2D eigenvalue weighted by atomic mass is 32.2. The second-order valence-corrected chi connectivity index (χ2v) is 24.6. The van der Waals surface area contributed by atoms with Gasteiger partial charge >= 0.3 is 30.9 Å². The molecule has 4 fully saturated rings. The molecule has 4 aliphatic rings. The number of hydrogen-bond acceptors (Lipinski definition) is 21. The molecular formula is C58H68F6N12O13S2. The van der Waals surface area contributed by atoms with E-state index in [0.29, 0.717) is 86.3 Å². The minimum Gasteiger partial charge on any atom is -0.481 e. The maximum absolute atomic E-state index is 13.0. The number of nitrogens with zero attached hydrogens (tertiary/aromatic N) is 6. The highest BCUT2D eigenvalue weighted by Gasteiger charge is 2.36. The van der Waals surface area contributed by atoms with E-state index in [0.717, 1.165) is 23.5 Å². The Morgan fingerprint density at radius 1 is 0.648 bits per heavy atom. The van der Waals surface area contributed by atoms with Gasteiger partial charge in [0.05, 0.1) is 27.6 Å². The molecule has 4 aromatic rings. The molecule has 0 aliphatic carbocycles. The summed E-state index contributed by atoms with van der Waals surface area (Å²) in [5, 5.41) is 21.1. The van der Waals surface area contributed by atoms with Gasteiger partial charge in [0.15, 0.2) is 0 Å². The lowest BCUT2D eigenvalue weighted by molar-refractivity contribution is -0.275. The monoisotopic (exact) mass is 1320 g/mol. The first-order valence-electron chi connectivity index (χ1n) is 28.2. The summed E-state index contributed by atoms with van der Waals surface area (Å²) in [7, 11) is 0. The predicted octanol–water partition coefficient (Wildman–Crippen LogP) is 8.94. The van der Waals surface area contributed by atoms with Crippen LogP contribution >= 0.6 is 23.5 Å². The van der Waals surface area contributed by atoms with Gasteiger partial charge in [-0.25, -0.2) is 29.5 Å². The zero-order valence-corrected chi connectivity index (χ0v) is 51.7. The molecule has 492 valence electrons. The van der Waals surface area contributed by atoms with Crippen LogP contribution in [0.2, 0.25) is 0 Å². The van der Waals surface area contributed by atoms with Crippen molar-refractivity contribution in [3.63, 3.8) is 0 Å². The van der Waals surface area contributed by atoms with Crippen LogP contribution in [0.4, 0.5) is 57.4 Å². The third kappa shape index (κ3) is 25.2. The Bertz CT molecular complexity index is 3330. The summed E-state index contributed by atoms with van der Waals surface area (Å²) in [6, 6.07) is 13.0. The number of nitrogens with two attached hydrogens (primary N) is 1. The number of aromatic nitrogens is 4. The number of halogens is 6. The highest BCUT2D eigenvalue weighted by molar-refractivity contribution is 8.18. The van der Waals surface area contributed by atoms with E-state index in [4.69, 9.17) is 15.2 Å². The van der Waals surface area contributed by atoms with Crippen molar-refractivity contribution < 1.29 is 88.8 Å². The molecule has 2 unspecified atom stereocenters. The molecule has 8 rings (SSSR count). The molecule has 0 bridgehead atoms. The Labute approximate surface area is 526 Å². The summed E-state index contributed by atoms with van der Waals surface area (Å²) < 4.78 is 91.2. The second-order valence-electron chi connectivity index (χ2n) is 22.6. The number of nitrogens with one attached hydrogen (secondary N) is 5. The molecule has 4 aliphatic heterocycles. The quantitative estimate of drug-likeness (QED) is 0.0383. The van der Waals surface area contributed by atoms with Crippen LogP contribution in [0.15, 0.2) is 82.9 Å². The Kier molecular flexibility index (Phi) is 25.0. The van der Waals surface area contributed by atoms with Crippen LogP contribution < -0.4 is 51.6 Å². The van der Waals surface area contributed by atoms with Gasteiger partial charge in [-0.05, 0) is 162 Å². The summed E-state index contributed by atoms with van der Waals surface area (Å²) in [5.74, 6) is -2.21. The number of imide groups is 2. The van der Waals surface area contributed by atoms with Crippen LogP contribution in [0, 0.1) is 11.8 Å². The summed E-state index contributed by atoms with van der Waals surface area (Å²) in [6.45, 7) is 12.7. The number of ether oxygens (including phenoxy) is 4. The molecule has 0 radical (unpaired) electrons. The number of carbonyl (C=O) groups excluding carboxylic acids is 7. The Hall–Kier alpha value is -8.72. The number of rotatable bonds is 17. The standard InChI is InChI=1S/C29H33F3N6O6S.C21H27N5O6S.C8H8F3NO/c1-28(2,3)44-26(41)36-21(15-23(39)34-16-17-5-4-6-20(13-17)43-29(30,31)32)18-8-11-38(12-9-18)25-33-10-7-19(35-25)14-22-24(40)37-27(42)45-22;1-21(2,3)32-19(30)24-14(11-16(27)28)12-5-8-26(9-6-12)18-22-7-4-13(23-18)10-15-17(29)25-20(31)33-15;9-8(10,11)13-7-3-1-2-6(4-7)5-12/h4-7,10,13-14,18,21H,8-9,11-12,15-16H2,1-3H3,(H,34,39)(H,36,41)(H,37,40,42);4,7,10,12,14H,5-6,8-9,11H2,1-3H3,(H,24,30)(H,27,28)(H,25,29,31);1-4H,5,12H2/b22-14-;15-10-;. The first-order valence-corrected chi connectivity index (χ1v) is 29.8. The van der Waals surface area contributed by atoms with Crippen LogP contribution in [0.3, 0.4) is 0 Å². The van der Waals surface area contributed by atoms with Crippen LogP contribution in [0.5, 0.6) is 11.5 Å². The van der Waals surface area contributed by atoms with Gasteiger partial charge in [-0.3, -0.25) is 39.4 Å². The van der Waals surface area contributed by atoms with E-state index in [-0.39, 0.29) is 53.3 Å². The van der Waals surface area contributed by atoms with Crippen molar-refractivity contribution in [2.75, 3.05) is 36.0 Å². The second kappa shape index (κ2) is 31.8. The van der Waals surface area contributed by atoms with Gasteiger partial charge in [-0.15, -0.1) is 26.3 Å². The lowest BCUT2D eigenvalue weighted by Crippen LogP contribution is -2.49. The summed E-state index contributed by atoms with van der Waals surface area (Å²) in [5.41, 5.74) is 5.79. The molecule has 25 nitrogen and oxygen atoms in total. The normalized spacial score (nSPS) is 17.3. The number of hydrogen-bond donors (Lipinski definition) is 7. The molecule has 2 aromatic carbocycles. The summed E-state index contributed by atoms with van der Waals surface area (Å²) in [6.07, 6.45) is -2.45. The largest absolute Gasteiger partial charge is 0.573 e. The molecule has 7 amide bonds. The summed E-state index contributed by atoms with van der Waals surface area (Å²) >= 11 is 1.62. The van der Waals surface area contributed by atoms with E-state index in [2.05, 4.69) is 56.0 Å². The molecule has 2 aromatic heterocycles. The maximum Gasteiger partial charge on any atom is 0.573 e. The molecule has 8 N–H and O–H groups in total. The van der Waals surface area contributed by atoms with Crippen molar-refractivity contribution >= 4 is 93.9 Å². The Balaban J connectivity index is 0.000000249. The van der Waals surface area contributed by atoms with Crippen molar-refractivity contribution in [3.05, 3.63) is 105 Å². The van der Waals surface area contributed by atoms with Crippen LogP contribution in [0.1, 0.15) is 103 Å². The van der Waals surface area contributed by atoms with Gasteiger partial charge < -0.3 is 55.5 Å². The molecule has 6 heterocycles. The molecule has 0 spiro atoms. The zero-order chi connectivity index (χ0) is 66.8. The number of amides is 7. The average Bonchev–Trinajstić information content (AvgIpc) is 2.11. The molecule has 2 atom stereocenters. The Morgan fingerprint density at radius 3 is 1.43 bits per heavy atom. The topological polar surface area (TPSA) is 338 Å². The average molecular weight is 1320 g/mol. The number of aliphatic carboxylic acids is 1. The molecule has 4 saturated heterocycles. The molecule has 91 heavy (non-hydrogen) atoms. The smallest absolute Gasteiger partial charge is 0.481 e. The number of carbonyl (C=O) groups is 8. The number of alkyl carbamates (subject to hydrolysis) is 2. The van der Waals surface area contributed by atoms with E-state index in [1.54, 1.807) is 78.2 Å². The van der Waals surface area contributed by atoms with E-state index in [9.17, 15) is 69.8 Å². The number of thioether (sulfide) groups is 2. The minimum absolute atomic E-state index is 0.0380. The van der Waals surface area contributed by atoms with Gasteiger partial charge in [0.1, 0.15) is 22.7 Å². The SMILES string of the molecule is CC(C)(C)OC(=O)NC(CC(=O)NCc1cccc(OC(F)(F)F)c1)C1CCN(c2nccc(/C=C3\SC(=O)NC3=O)n2)CC1.CC(C)(C)OC(=O)NC(CC(=O)O)C1CCN(c2nccc(/C=C3\SC(=O)NC3=O)n2)CC1.NCc1cccc(OC(F)(F)F)c1. The number of carboxylic acids is 1. The number of alkyl halides is 6. The van der Waals surface area contributed by atoms with E-state index in [1.807, 2.05) is 9.80 Å². The van der Waals surface area contributed by atoms with Crippen molar-refractivity contribution in [2.45, 2.75) is 129 Å². The van der Waals surface area contributed by atoms with Crippen LogP contribution in [-0.2, 0) is 41.7 Å². The van der Waals surface area contributed by atoms with E-state index in [1.165, 1.54) is 48.6 Å². The Morgan fingerprint density at radius 2 is 1.05 bits per heavy atom. The predicted molar refractivity (Wildman–Crippen MR) is 321 cm³/mol.